The van der Waals surface area contributed by atoms with Crippen molar-refractivity contribution in [2.45, 2.75) is 26.9 Å². The highest BCUT2D eigenvalue weighted by Gasteiger charge is 2.21. The zero-order chi connectivity index (χ0) is 17.8. The lowest BCUT2D eigenvalue weighted by Gasteiger charge is -2.16. The van der Waals surface area contributed by atoms with Gasteiger partial charge in [0.05, 0.1) is 6.54 Å². The number of halogens is 1. The molecule has 0 saturated carbocycles. The van der Waals surface area contributed by atoms with Crippen LogP contribution < -0.4 is 5.73 Å². The van der Waals surface area contributed by atoms with Crippen LogP contribution in [0.15, 0.2) is 39.5 Å². The van der Waals surface area contributed by atoms with Crippen LogP contribution in [0, 0.1) is 6.92 Å². The van der Waals surface area contributed by atoms with Crippen molar-refractivity contribution >= 4 is 18.3 Å². The molecule has 9 heteroatoms. The first-order valence-electron chi connectivity index (χ1n) is 7.94. The molecule has 3 aromatic rings. The third-order valence-corrected chi connectivity index (χ3v) is 3.72. The van der Waals surface area contributed by atoms with Crippen LogP contribution in [0.3, 0.4) is 0 Å². The molecule has 0 spiro atoms. The van der Waals surface area contributed by atoms with Crippen LogP contribution in [-0.4, -0.2) is 32.5 Å². The number of amides is 1. The molecule has 2 N–H and O–H groups in total. The van der Waals surface area contributed by atoms with Gasteiger partial charge in [-0.05, 0) is 13.8 Å². The van der Waals surface area contributed by atoms with Gasteiger partial charge in [0.2, 0.25) is 17.6 Å². The number of carbonyl (C=O) groups is 1. The Bertz CT molecular complexity index is 859. The molecule has 0 unspecified atom stereocenters. The largest absolute Gasteiger partial charge is 0.447 e. The number of aromatic nitrogens is 3. The van der Waals surface area contributed by atoms with Crippen molar-refractivity contribution in [2.75, 3.05) is 6.54 Å². The lowest BCUT2D eigenvalue weighted by Crippen LogP contribution is -2.30. The normalized spacial score (nSPS) is 10.4. The molecule has 1 amide bonds. The first-order valence-corrected chi connectivity index (χ1v) is 7.94. The molecule has 2 aromatic heterocycles. The van der Waals surface area contributed by atoms with Gasteiger partial charge in [0, 0.05) is 12.1 Å². The molecule has 1 aromatic carbocycles. The number of oxazole rings is 1. The Morgan fingerprint density at radius 3 is 2.54 bits per heavy atom. The van der Waals surface area contributed by atoms with Crippen LogP contribution in [0.2, 0.25) is 0 Å². The minimum atomic E-state index is -0.277. The average Bonchev–Trinajstić information content (AvgIpc) is 3.29. The number of aryl methyl sites for hydroxylation is 1. The second kappa shape index (κ2) is 8.59. The first kappa shape index (κ1) is 19.6. The van der Waals surface area contributed by atoms with Gasteiger partial charge in [0.1, 0.15) is 12.8 Å². The molecule has 0 aliphatic heterocycles. The van der Waals surface area contributed by atoms with Crippen molar-refractivity contribution in [3.63, 3.8) is 0 Å². The van der Waals surface area contributed by atoms with E-state index in [1.807, 2.05) is 38.1 Å². The van der Waals surface area contributed by atoms with Crippen LogP contribution in [0.5, 0.6) is 0 Å². The molecular weight excluding hydrogens is 358 g/mol. The number of carbonyl (C=O) groups excluding carboxylic acids is 1. The lowest BCUT2D eigenvalue weighted by atomic mass is 10.1. The summed E-state index contributed by atoms with van der Waals surface area (Å²) in [5, 5.41) is 3.98. The standard InChI is InChI=1S/C17H19N5O3.ClH/c1-3-22(17(23)13-10-24-14(8-18)19-13)9-15-20-16(21-25-15)12-6-4-11(2)5-7-12;/h4-7,10H,3,8-9,18H2,1-2H3;1H. The highest BCUT2D eigenvalue weighted by molar-refractivity contribution is 5.91. The molecule has 0 atom stereocenters. The Balaban J connectivity index is 0.00000243. The monoisotopic (exact) mass is 377 g/mol. The number of hydrogen-bond donors (Lipinski definition) is 1. The topological polar surface area (TPSA) is 111 Å². The van der Waals surface area contributed by atoms with Gasteiger partial charge in [-0.1, -0.05) is 35.0 Å². The number of rotatable bonds is 6. The smallest absolute Gasteiger partial charge is 0.276 e. The summed E-state index contributed by atoms with van der Waals surface area (Å²) >= 11 is 0. The molecule has 0 saturated heterocycles. The van der Waals surface area contributed by atoms with E-state index in [0.29, 0.717) is 24.2 Å². The van der Waals surface area contributed by atoms with Crippen LogP contribution in [0.1, 0.15) is 34.8 Å². The molecule has 138 valence electrons. The Morgan fingerprint density at radius 1 is 1.19 bits per heavy atom. The summed E-state index contributed by atoms with van der Waals surface area (Å²) in [6.45, 7) is 4.67. The fraction of sp³-hybridized carbons (Fsp3) is 0.294. The van der Waals surface area contributed by atoms with E-state index in [2.05, 4.69) is 15.1 Å². The van der Waals surface area contributed by atoms with Gasteiger partial charge >= 0.3 is 0 Å². The zero-order valence-corrected chi connectivity index (χ0v) is 15.3. The van der Waals surface area contributed by atoms with Crippen molar-refractivity contribution in [1.82, 2.24) is 20.0 Å². The molecule has 8 nitrogen and oxygen atoms in total. The second-order valence-electron chi connectivity index (χ2n) is 5.53. The van der Waals surface area contributed by atoms with Gasteiger partial charge < -0.3 is 19.6 Å². The number of hydrogen-bond acceptors (Lipinski definition) is 7. The van der Waals surface area contributed by atoms with E-state index in [0.717, 1.165) is 11.1 Å². The molecule has 0 fully saturated rings. The molecule has 26 heavy (non-hydrogen) atoms. The predicted molar refractivity (Wildman–Crippen MR) is 96.5 cm³/mol. The average molecular weight is 378 g/mol. The third kappa shape index (κ3) is 4.27. The maximum Gasteiger partial charge on any atom is 0.276 e. The van der Waals surface area contributed by atoms with Crippen LogP contribution >= 0.6 is 12.4 Å². The SMILES string of the molecule is CCN(Cc1nc(-c2ccc(C)cc2)no1)C(=O)c1coc(CN)n1.Cl. The van der Waals surface area contributed by atoms with Crippen LogP contribution in [0.25, 0.3) is 11.4 Å². The summed E-state index contributed by atoms with van der Waals surface area (Å²) in [6.07, 6.45) is 1.30. The highest BCUT2D eigenvalue weighted by Crippen LogP contribution is 2.17. The van der Waals surface area contributed by atoms with Gasteiger partial charge in [-0.25, -0.2) is 4.98 Å². The van der Waals surface area contributed by atoms with E-state index in [9.17, 15) is 4.79 Å². The minimum absolute atomic E-state index is 0. The second-order valence-corrected chi connectivity index (χ2v) is 5.53. The number of nitrogens with two attached hydrogens (primary N) is 1. The van der Waals surface area contributed by atoms with Gasteiger partial charge in [0.15, 0.2) is 5.69 Å². The highest BCUT2D eigenvalue weighted by atomic mass is 35.5. The summed E-state index contributed by atoms with van der Waals surface area (Å²) < 4.78 is 10.4. The number of benzene rings is 1. The molecule has 0 radical (unpaired) electrons. The van der Waals surface area contributed by atoms with E-state index >= 15 is 0 Å². The van der Waals surface area contributed by atoms with Gasteiger partial charge in [0.25, 0.3) is 5.91 Å². The molecule has 3 rings (SSSR count). The summed E-state index contributed by atoms with van der Waals surface area (Å²) in [5.74, 6) is 0.888. The van der Waals surface area contributed by atoms with E-state index in [4.69, 9.17) is 14.7 Å². The minimum Gasteiger partial charge on any atom is -0.447 e. The summed E-state index contributed by atoms with van der Waals surface area (Å²) in [5.41, 5.74) is 7.67. The summed E-state index contributed by atoms with van der Waals surface area (Å²) in [7, 11) is 0. The summed E-state index contributed by atoms with van der Waals surface area (Å²) in [6, 6.07) is 7.81. The van der Waals surface area contributed by atoms with Crippen molar-refractivity contribution in [2.24, 2.45) is 5.73 Å². The molecular formula is C17H20ClN5O3. The molecule has 0 aliphatic carbocycles. The predicted octanol–water partition coefficient (Wildman–Crippen LogP) is 2.58. The third-order valence-electron chi connectivity index (χ3n) is 3.72. The van der Waals surface area contributed by atoms with Gasteiger partial charge in [-0.2, -0.15) is 4.98 Å². The van der Waals surface area contributed by atoms with Crippen molar-refractivity contribution < 1.29 is 13.7 Å². The van der Waals surface area contributed by atoms with Crippen molar-refractivity contribution in [3.8, 4) is 11.4 Å². The Morgan fingerprint density at radius 2 is 1.92 bits per heavy atom. The Hall–Kier alpha value is -2.71. The fourth-order valence-electron chi connectivity index (χ4n) is 2.29. The maximum absolute atomic E-state index is 12.5. The quantitative estimate of drug-likeness (QED) is 0.702. The fourth-order valence-corrected chi connectivity index (χ4v) is 2.29. The van der Waals surface area contributed by atoms with Crippen molar-refractivity contribution in [1.29, 1.82) is 0 Å². The van der Waals surface area contributed by atoms with Gasteiger partial charge in [-0.15, -0.1) is 12.4 Å². The molecule has 0 bridgehead atoms. The Kier molecular flexibility index (Phi) is 6.48. The van der Waals surface area contributed by atoms with E-state index in [1.165, 1.54) is 6.26 Å². The van der Waals surface area contributed by atoms with E-state index in [-0.39, 0.29) is 37.1 Å². The van der Waals surface area contributed by atoms with Gasteiger partial charge in [-0.3, -0.25) is 4.79 Å². The summed E-state index contributed by atoms with van der Waals surface area (Å²) in [4.78, 5) is 22.5. The van der Waals surface area contributed by atoms with Crippen LogP contribution in [-0.2, 0) is 13.1 Å². The first-order chi connectivity index (χ1) is 12.1. The zero-order valence-electron chi connectivity index (χ0n) is 14.5. The molecule has 0 aliphatic rings. The van der Waals surface area contributed by atoms with Crippen molar-refractivity contribution in [3.05, 3.63) is 53.6 Å². The van der Waals surface area contributed by atoms with E-state index < -0.39 is 0 Å². The van der Waals surface area contributed by atoms with Crippen LogP contribution in [0.4, 0.5) is 0 Å². The maximum atomic E-state index is 12.5. The lowest BCUT2D eigenvalue weighted by molar-refractivity contribution is 0.0728. The molecule has 2 heterocycles. The van der Waals surface area contributed by atoms with E-state index in [1.54, 1.807) is 4.90 Å². The number of nitrogens with zero attached hydrogens (tertiary/aromatic N) is 4. The Labute approximate surface area is 156 Å².